The van der Waals surface area contributed by atoms with Crippen LogP contribution in [0.1, 0.15) is 71.1 Å². The first kappa shape index (κ1) is 17.5. The summed E-state index contributed by atoms with van der Waals surface area (Å²) in [5.74, 6) is 0. The summed E-state index contributed by atoms with van der Waals surface area (Å²) in [7, 11) is 0. The topological polar surface area (TPSA) is 18.5 Å². The molecule has 2 heteroatoms. The van der Waals surface area contributed by atoms with Gasteiger partial charge in [-0.05, 0) is 57.8 Å². The van der Waals surface area contributed by atoms with Crippen molar-refractivity contribution >= 4 is 0 Å². The van der Waals surface area contributed by atoms with Crippen molar-refractivity contribution in [2.75, 3.05) is 13.2 Å². The quantitative estimate of drug-likeness (QED) is 0.373. The predicted octanol–water partition coefficient (Wildman–Crippen LogP) is 5.39. The monoisotopic (exact) mass is 280 g/mol. The van der Waals surface area contributed by atoms with Gasteiger partial charge in [0.15, 0.2) is 6.29 Å². The highest BCUT2D eigenvalue weighted by Gasteiger charge is 2.12. The summed E-state index contributed by atoms with van der Waals surface area (Å²) in [6.07, 6.45) is 21.2. The highest BCUT2D eigenvalue weighted by molar-refractivity contribution is 4.87. The Morgan fingerprint density at radius 2 is 1.70 bits per heavy atom. The van der Waals surface area contributed by atoms with Gasteiger partial charge in [0.05, 0.1) is 0 Å². The van der Waals surface area contributed by atoms with Crippen LogP contribution < -0.4 is 0 Å². The molecule has 0 amide bonds. The van der Waals surface area contributed by atoms with E-state index in [4.69, 9.17) is 9.47 Å². The lowest BCUT2D eigenvalue weighted by Crippen LogP contribution is -2.22. The molecule has 1 fully saturated rings. The molecular weight excluding hydrogens is 248 g/mol. The number of rotatable bonds is 11. The SMILES string of the molecule is CCC/C=C\CC/C=C\CCCCO[C@H]1CCCCO1. The molecule has 1 aliphatic rings. The van der Waals surface area contributed by atoms with Crippen LogP contribution in [-0.2, 0) is 9.47 Å². The molecule has 0 aromatic heterocycles. The second-order valence-corrected chi connectivity index (χ2v) is 5.47. The molecule has 0 bridgehead atoms. The molecule has 1 saturated heterocycles. The normalized spacial score (nSPS) is 20.1. The number of hydrogen-bond donors (Lipinski definition) is 0. The van der Waals surface area contributed by atoms with Crippen molar-refractivity contribution in [1.82, 2.24) is 0 Å². The van der Waals surface area contributed by atoms with Crippen molar-refractivity contribution in [2.24, 2.45) is 0 Å². The van der Waals surface area contributed by atoms with Crippen LogP contribution in [0.4, 0.5) is 0 Å². The summed E-state index contributed by atoms with van der Waals surface area (Å²) in [6.45, 7) is 3.94. The van der Waals surface area contributed by atoms with Crippen LogP contribution in [0.3, 0.4) is 0 Å². The fourth-order valence-electron chi connectivity index (χ4n) is 2.25. The van der Waals surface area contributed by atoms with Crippen molar-refractivity contribution < 1.29 is 9.47 Å². The van der Waals surface area contributed by atoms with Crippen molar-refractivity contribution in [2.45, 2.75) is 77.4 Å². The second kappa shape index (κ2) is 13.4. The molecule has 0 aromatic carbocycles. The lowest BCUT2D eigenvalue weighted by atomic mass is 10.2. The molecule has 1 aliphatic heterocycles. The molecule has 0 aromatic rings. The summed E-state index contributed by atoms with van der Waals surface area (Å²) >= 11 is 0. The Hall–Kier alpha value is -0.600. The van der Waals surface area contributed by atoms with E-state index in [9.17, 15) is 0 Å². The van der Waals surface area contributed by atoms with Crippen LogP contribution in [0.2, 0.25) is 0 Å². The van der Waals surface area contributed by atoms with Crippen LogP contribution in [0, 0.1) is 0 Å². The fourth-order valence-corrected chi connectivity index (χ4v) is 2.25. The third-order valence-corrected chi connectivity index (χ3v) is 3.50. The Balaban J connectivity index is 1.81. The first-order chi connectivity index (χ1) is 9.93. The van der Waals surface area contributed by atoms with E-state index in [-0.39, 0.29) is 6.29 Å². The summed E-state index contributed by atoms with van der Waals surface area (Å²) < 4.78 is 11.2. The van der Waals surface area contributed by atoms with Crippen LogP contribution >= 0.6 is 0 Å². The van der Waals surface area contributed by atoms with Gasteiger partial charge in [-0.15, -0.1) is 0 Å². The van der Waals surface area contributed by atoms with E-state index in [1.54, 1.807) is 0 Å². The van der Waals surface area contributed by atoms with Gasteiger partial charge in [0.2, 0.25) is 0 Å². The van der Waals surface area contributed by atoms with Gasteiger partial charge in [0.25, 0.3) is 0 Å². The minimum Gasteiger partial charge on any atom is -0.353 e. The standard InChI is InChI=1S/C18H32O2/c1-2-3-4-5-6-7-8-9-10-11-13-16-19-18-15-12-14-17-20-18/h4-5,8-9,18H,2-3,6-7,10-17H2,1H3/b5-4-,9-8-/t18-/m1/s1. The summed E-state index contributed by atoms with van der Waals surface area (Å²) in [6, 6.07) is 0. The van der Waals surface area contributed by atoms with Gasteiger partial charge in [-0.1, -0.05) is 37.6 Å². The van der Waals surface area contributed by atoms with Crippen LogP contribution in [0.15, 0.2) is 24.3 Å². The zero-order chi connectivity index (χ0) is 14.3. The van der Waals surface area contributed by atoms with Gasteiger partial charge in [0.1, 0.15) is 0 Å². The fraction of sp³-hybridized carbons (Fsp3) is 0.778. The van der Waals surface area contributed by atoms with E-state index in [1.807, 2.05) is 0 Å². The number of unbranched alkanes of at least 4 members (excludes halogenated alkanes) is 4. The van der Waals surface area contributed by atoms with Crippen molar-refractivity contribution in [3.05, 3.63) is 24.3 Å². The van der Waals surface area contributed by atoms with Gasteiger partial charge in [-0.3, -0.25) is 0 Å². The van der Waals surface area contributed by atoms with Crippen molar-refractivity contribution in [1.29, 1.82) is 0 Å². The van der Waals surface area contributed by atoms with E-state index in [2.05, 4.69) is 31.2 Å². The van der Waals surface area contributed by atoms with Crippen molar-refractivity contribution in [3.63, 3.8) is 0 Å². The smallest absolute Gasteiger partial charge is 0.157 e. The van der Waals surface area contributed by atoms with E-state index < -0.39 is 0 Å². The number of allylic oxidation sites excluding steroid dienone is 4. The highest BCUT2D eigenvalue weighted by Crippen LogP contribution is 2.14. The number of hydrogen-bond acceptors (Lipinski definition) is 2. The molecule has 1 atom stereocenters. The van der Waals surface area contributed by atoms with Gasteiger partial charge in [0, 0.05) is 13.2 Å². The second-order valence-electron chi connectivity index (χ2n) is 5.47. The Bertz CT molecular complexity index is 252. The maximum atomic E-state index is 5.71. The Morgan fingerprint density at radius 3 is 2.40 bits per heavy atom. The van der Waals surface area contributed by atoms with E-state index in [0.717, 1.165) is 26.1 Å². The first-order valence-electron chi connectivity index (χ1n) is 8.46. The maximum Gasteiger partial charge on any atom is 0.157 e. The minimum atomic E-state index is 0.0780. The molecule has 1 rings (SSSR count). The van der Waals surface area contributed by atoms with Crippen LogP contribution in [0.5, 0.6) is 0 Å². The van der Waals surface area contributed by atoms with Crippen LogP contribution in [0.25, 0.3) is 0 Å². The molecule has 116 valence electrons. The average molecular weight is 280 g/mol. The van der Waals surface area contributed by atoms with Gasteiger partial charge in [-0.2, -0.15) is 0 Å². The predicted molar refractivity (Wildman–Crippen MR) is 85.8 cm³/mol. The summed E-state index contributed by atoms with van der Waals surface area (Å²) in [5.41, 5.74) is 0. The average Bonchev–Trinajstić information content (AvgIpc) is 2.49. The van der Waals surface area contributed by atoms with E-state index in [1.165, 1.54) is 51.4 Å². The zero-order valence-electron chi connectivity index (χ0n) is 13.2. The minimum absolute atomic E-state index is 0.0780. The Labute approximate surface area is 125 Å². The Kier molecular flexibility index (Phi) is 11.7. The Morgan fingerprint density at radius 1 is 0.950 bits per heavy atom. The zero-order valence-corrected chi connectivity index (χ0v) is 13.2. The van der Waals surface area contributed by atoms with E-state index in [0.29, 0.717) is 0 Å². The van der Waals surface area contributed by atoms with Gasteiger partial charge >= 0.3 is 0 Å². The van der Waals surface area contributed by atoms with Gasteiger partial charge in [-0.25, -0.2) is 0 Å². The van der Waals surface area contributed by atoms with Gasteiger partial charge < -0.3 is 9.47 Å². The lowest BCUT2D eigenvalue weighted by Gasteiger charge is -2.22. The first-order valence-corrected chi connectivity index (χ1v) is 8.46. The summed E-state index contributed by atoms with van der Waals surface area (Å²) in [4.78, 5) is 0. The molecule has 0 aliphatic carbocycles. The third-order valence-electron chi connectivity index (χ3n) is 3.50. The molecule has 2 nitrogen and oxygen atoms in total. The number of ether oxygens (including phenoxy) is 2. The lowest BCUT2D eigenvalue weighted by molar-refractivity contribution is -0.162. The molecule has 0 unspecified atom stereocenters. The van der Waals surface area contributed by atoms with Crippen molar-refractivity contribution in [3.8, 4) is 0 Å². The molecule has 20 heavy (non-hydrogen) atoms. The largest absolute Gasteiger partial charge is 0.353 e. The highest BCUT2D eigenvalue weighted by atomic mass is 16.7. The van der Waals surface area contributed by atoms with Crippen LogP contribution in [-0.4, -0.2) is 19.5 Å². The maximum absolute atomic E-state index is 5.71. The summed E-state index contributed by atoms with van der Waals surface area (Å²) in [5, 5.41) is 0. The third kappa shape index (κ3) is 10.2. The molecule has 0 saturated carbocycles. The molecular formula is C18H32O2. The molecule has 0 spiro atoms. The molecule has 1 heterocycles. The molecule has 0 radical (unpaired) electrons. The van der Waals surface area contributed by atoms with E-state index >= 15 is 0 Å². The molecule has 0 N–H and O–H groups in total.